The molecule has 0 aliphatic heterocycles. The maximum absolute atomic E-state index is 10.3. The molecule has 0 aromatic heterocycles. The maximum atomic E-state index is 10.3. The van der Waals surface area contributed by atoms with E-state index in [2.05, 4.69) is 33.8 Å². The number of allylic oxidation sites excluding steroid dienone is 4. The Hall–Kier alpha value is -0.850. The zero-order valence-electron chi connectivity index (χ0n) is 12.2. The van der Waals surface area contributed by atoms with Crippen LogP contribution in [0.2, 0.25) is 0 Å². The molecule has 0 rings (SSSR count). The summed E-state index contributed by atoms with van der Waals surface area (Å²) in [6.07, 6.45) is 10.6. The van der Waals surface area contributed by atoms with Gasteiger partial charge in [0.05, 0.1) is 0 Å². The second kappa shape index (κ2) is 8.27. The monoisotopic (exact) mass is 236 g/mol. The fraction of sp³-hybridized carbons (Fsp3) is 0.688. The molecule has 1 nitrogen and oxygen atoms in total. The normalized spacial score (nSPS) is 13.9. The summed E-state index contributed by atoms with van der Waals surface area (Å²) >= 11 is 0. The highest BCUT2D eigenvalue weighted by molar-refractivity contribution is 5.65. The molecule has 0 atom stereocenters. The van der Waals surface area contributed by atoms with Crippen molar-refractivity contribution < 1.29 is 4.79 Å². The number of rotatable bonds is 8. The molecular weight excluding hydrogens is 208 g/mol. The van der Waals surface area contributed by atoms with E-state index in [1.165, 1.54) is 30.4 Å². The third-order valence-corrected chi connectivity index (χ3v) is 4.21. The highest BCUT2D eigenvalue weighted by Crippen LogP contribution is 2.38. The van der Waals surface area contributed by atoms with Crippen LogP contribution < -0.4 is 0 Å². The third-order valence-electron chi connectivity index (χ3n) is 4.21. The predicted molar refractivity (Wildman–Crippen MR) is 76.1 cm³/mol. The molecule has 0 aliphatic carbocycles. The van der Waals surface area contributed by atoms with Gasteiger partial charge in [0.2, 0.25) is 0 Å². The molecule has 0 bridgehead atoms. The minimum Gasteiger partial charge on any atom is -0.299 e. The highest BCUT2D eigenvalue weighted by atomic mass is 16.1. The number of carbonyl (C=O) groups is 1. The molecule has 0 unspecified atom stereocenters. The molecule has 0 amide bonds. The first-order valence-electron chi connectivity index (χ1n) is 6.84. The van der Waals surface area contributed by atoms with Gasteiger partial charge in [-0.05, 0) is 57.4 Å². The molecule has 0 radical (unpaired) electrons. The van der Waals surface area contributed by atoms with Crippen molar-refractivity contribution in [3.8, 4) is 0 Å². The molecular formula is C16H28O. The maximum Gasteiger partial charge on any atom is 0.142 e. The molecule has 0 saturated carbocycles. The van der Waals surface area contributed by atoms with Crippen LogP contribution in [0.15, 0.2) is 23.3 Å². The SMILES string of the molecule is CCC(CC)(CC)C(C)=CCCC(C)=CC=O. The van der Waals surface area contributed by atoms with Crippen molar-refractivity contribution in [1.82, 2.24) is 0 Å². The first-order valence-corrected chi connectivity index (χ1v) is 6.84. The van der Waals surface area contributed by atoms with Crippen LogP contribution in [0.25, 0.3) is 0 Å². The summed E-state index contributed by atoms with van der Waals surface area (Å²) in [5, 5.41) is 0. The average Bonchev–Trinajstić information content (AvgIpc) is 2.32. The van der Waals surface area contributed by atoms with E-state index in [0.717, 1.165) is 19.1 Å². The number of carbonyl (C=O) groups excluding carboxylic acids is 1. The Balaban J connectivity index is 4.52. The third kappa shape index (κ3) is 4.89. The minimum absolute atomic E-state index is 0.391. The van der Waals surface area contributed by atoms with Crippen LogP contribution >= 0.6 is 0 Å². The van der Waals surface area contributed by atoms with Gasteiger partial charge in [-0.25, -0.2) is 0 Å². The van der Waals surface area contributed by atoms with E-state index in [9.17, 15) is 4.79 Å². The van der Waals surface area contributed by atoms with E-state index in [0.29, 0.717) is 5.41 Å². The van der Waals surface area contributed by atoms with Gasteiger partial charge in [0, 0.05) is 0 Å². The van der Waals surface area contributed by atoms with Crippen molar-refractivity contribution in [1.29, 1.82) is 0 Å². The summed E-state index contributed by atoms with van der Waals surface area (Å²) < 4.78 is 0. The lowest BCUT2D eigenvalue weighted by atomic mass is 9.73. The highest BCUT2D eigenvalue weighted by Gasteiger charge is 2.25. The lowest BCUT2D eigenvalue weighted by Crippen LogP contribution is -2.19. The molecule has 1 heteroatoms. The van der Waals surface area contributed by atoms with Gasteiger partial charge < -0.3 is 0 Å². The molecule has 17 heavy (non-hydrogen) atoms. The Morgan fingerprint density at radius 2 is 1.59 bits per heavy atom. The van der Waals surface area contributed by atoms with Gasteiger partial charge in [-0.2, -0.15) is 0 Å². The Morgan fingerprint density at radius 1 is 1.06 bits per heavy atom. The van der Waals surface area contributed by atoms with Crippen LogP contribution in [-0.4, -0.2) is 6.29 Å². The van der Waals surface area contributed by atoms with Crippen molar-refractivity contribution in [2.24, 2.45) is 5.41 Å². The predicted octanol–water partition coefficient (Wildman–Crippen LogP) is 5.07. The lowest BCUT2D eigenvalue weighted by molar-refractivity contribution is -0.104. The standard InChI is InChI=1S/C16H28O/c1-6-16(7-2,8-3)15(5)11-9-10-14(4)12-13-17/h11-13H,6-10H2,1-5H3. The van der Waals surface area contributed by atoms with Crippen molar-refractivity contribution in [3.63, 3.8) is 0 Å². The Kier molecular flexibility index (Phi) is 7.86. The molecule has 0 N–H and O–H groups in total. The zero-order valence-corrected chi connectivity index (χ0v) is 12.2. The zero-order chi connectivity index (χ0) is 13.3. The van der Waals surface area contributed by atoms with E-state index >= 15 is 0 Å². The summed E-state index contributed by atoms with van der Waals surface area (Å²) in [7, 11) is 0. The van der Waals surface area contributed by atoms with E-state index in [4.69, 9.17) is 0 Å². The number of aldehydes is 1. The van der Waals surface area contributed by atoms with E-state index in [-0.39, 0.29) is 0 Å². The Bertz CT molecular complexity index is 272. The molecule has 98 valence electrons. The van der Waals surface area contributed by atoms with Gasteiger partial charge in [-0.1, -0.05) is 38.0 Å². The Labute approximate surface area is 107 Å². The summed E-state index contributed by atoms with van der Waals surface area (Å²) in [5.41, 5.74) is 3.07. The summed E-state index contributed by atoms with van der Waals surface area (Å²) in [6, 6.07) is 0. The van der Waals surface area contributed by atoms with Gasteiger partial charge in [0.1, 0.15) is 6.29 Å². The minimum atomic E-state index is 0.391. The van der Waals surface area contributed by atoms with Gasteiger partial charge in [-0.15, -0.1) is 0 Å². The second-order valence-corrected chi connectivity index (χ2v) is 4.92. The van der Waals surface area contributed by atoms with Crippen molar-refractivity contribution >= 4 is 6.29 Å². The Morgan fingerprint density at radius 3 is 2.00 bits per heavy atom. The molecule has 0 aromatic carbocycles. The van der Waals surface area contributed by atoms with Gasteiger partial charge >= 0.3 is 0 Å². The largest absolute Gasteiger partial charge is 0.299 e. The summed E-state index contributed by atoms with van der Waals surface area (Å²) in [5.74, 6) is 0. The second-order valence-electron chi connectivity index (χ2n) is 4.92. The van der Waals surface area contributed by atoms with Crippen LogP contribution in [0.4, 0.5) is 0 Å². The van der Waals surface area contributed by atoms with E-state index < -0.39 is 0 Å². The summed E-state index contributed by atoms with van der Waals surface area (Å²) in [4.78, 5) is 10.3. The van der Waals surface area contributed by atoms with Gasteiger partial charge in [0.15, 0.2) is 0 Å². The number of hydrogen-bond acceptors (Lipinski definition) is 1. The van der Waals surface area contributed by atoms with Gasteiger partial charge in [-0.3, -0.25) is 4.79 Å². The first kappa shape index (κ1) is 16.1. The van der Waals surface area contributed by atoms with Crippen LogP contribution in [0, 0.1) is 5.41 Å². The molecule has 0 fully saturated rings. The van der Waals surface area contributed by atoms with Crippen LogP contribution in [0.5, 0.6) is 0 Å². The van der Waals surface area contributed by atoms with Crippen molar-refractivity contribution in [2.45, 2.75) is 66.7 Å². The molecule has 0 aliphatic rings. The molecule has 0 heterocycles. The fourth-order valence-corrected chi connectivity index (χ4v) is 2.52. The van der Waals surface area contributed by atoms with E-state index in [1.54, 1.807) is 6.08 Å². The smallest absolute Gasteiger partial charge is 0.142 e. The van der Waals surface area contributed by atoms with E-state index in [1.807, 2.05) is 6.92 Å². The van der Waals surface area contributed by atoms with Crippen LogP contribution in [0.3, 0.4) is 0 Å². The number of hydrogen-bond donors (Lipinski definition) is 0. The van der Waals surface area contributed by atoms with Crippen LogP contribution in [-0.2, 0) is 4.79 Å². The molecule has 0 spiro atoms. The average molecular weight is 236 g/mol. The van der Waals surface area contributed by atoms with Crippen molar-refractivity contribution in [3.05, 3.63) is 23.3 Å². The lowest BCUT2D eigenvalue weighted by Gasteiger charge is -2.32. The summed E-state index contributed by atoms with van der Waals surface area (Å²) in [6.45, 7) is 11.1. The topological polar surface area (TPSA) is 17.1 Å². The van der Waals surface area contributed by atoms with Crippen molar-refractivity contribution in [2.75, 3.05) is 0 Å². The molecule has 0 saturated heterocycles. The van der Waals surface area contributed by atoms with Gasteiger partial charge in [0.25, 0.3) is 0 Å². The first-order chi connectivity index (χ1) is 8.06. The quantitative estimate of drug-likeness (QED) is 0.326. The fourth-order valence-electron chi connectivity index (χ4n) is 2.52. The van der Waals surface area contributed by atoms with Crippen LogP contribution in [0.1, 0.15) is 66.7 Å². The molecule has 0 aromatic rings.